The monoisotopic (exact) mass is 266 g/mol. The van der Waals surface area contributed by atoms with E-state index in [9.17, 15) is 9.90 Å². The lowest BCUT2D eigenvalue weighted by molar-refractivity contribution is -0.109. The number of hydrogen-bond acceptors (Lipinski definition) is 4. The minimum atomic E-state index is -0.335. The minimum Gasteiger partial charge on any atom is -0.508 e. The highest BCUT2D eigenvalue weighted by Crippen LogP contribution is 2.33. The van der Waals surface area contributed by atoms with Crippen LogP contribution in [0.5, 0.6) is 5.75 Å². The molecule has 0 atom stereocenters. The van der Waals surface area contributed by atoms with Crippen molar-refractivity contribution in [3.05, 3.63) is 29.1 Å². The molecular formula is C13H14O2S2. The molecule has 0 aliphatic rings. The number of hydrogen-bond donors (Lipinski definition) is 1. The zero-order chi connectivity index (χ0) is 12.5. The summed E-state index contributed by atoms with van der Waals surface area (Å²) in [6, 6.07) is 7.47. The van der Waals surface area contributed by atoms with Crippen LogP contribution in [0.25, 0.3) is 10.1 Å². The van der Waals surface area contributed by atoms with Crippen LogP contribution in [-0.2, 0) is 10.5 Å². The summed E-state index contributed by atoms with van der Waals surface area (Å²) in [6.07, 6.45) is 0.983. The van der Waals surface area contributed by atoms with Gasteiger partial charge in [0.15, 0.2) is 0 Å². The summed E-state index contributed by atoms with van der Waals surface area (Å²) in [5.74, 6) is 1.12. The first kappa shape index (κ1) is 12.5. The Kier molecular flexibility index (Phi) is 3.45. The van der Waals surface area contributed by atoms with Crippen molar-refractivity contribution in [2.75, 3.05) is 0 Å². The number of thiophene rings is 1. The zero-order valence-corrected chi connectivity index (χ0v) is 11.4. The summed E-state index contributed by atoms with van der Waals surface area (Å²) in [6.45, 7) is 3.84. The summed E-state index contributed by atoms with van der Waals surface area (Å²) in [5.41, 5.74) is 0. The van der Waals surface area contributed by atoms with Gasteiger partial charge in [-0.05, 0) is 43.5 Å². The van der Waals surface area contributed by atoms with Crippen molar-refractivity contribution in [2.24, 2.45) is 0 Å². The number of phenolic OH excluding ortho intramolecular Hbond substituents is 1. The largest absolute Gasteiger partial charge is 0.508 e. The number of carbonyl (C=O) groups is 1. The van der Waals surface area contributed by atoms with E-state index in [1.54, 1.807) is 35.2 Å². The molecule has 0 fully saturated rings. The van der Waals surface area contributed by atoms with Crippen LogP contribution in [0.2, 0.25) is 0 Å². The smallest absolute Gasteiger partial charge is 0.135 e. The van der Waals surface area contributed by atoms with Gasteiger partial charge in [0.05, 0.1) is 4.75 Å². The summed E-state index contributed by atoms with van der Waals surface area (Å²) in [4.78, 5) is 12.0. The Hall–Kier alpha value is -1.00. The van der Waals surface area contributed by atoms with Crippen molar-refractivity contribution in [3.8, 4) is 5.75 Å². The number of thioether (sulfide) groups is 1. The first-order valence-electron chi connectivity index (χ1n) is 5.32. The lowest BCUT2D eigenvalue weighted by Crippen LogP contribution is -2.15. The van der Waals surface area contributed by atoms with Crippen LogP contribution in [-0.4, -0.2) is 16.1 Å². The maximum Gasteiger partial charge on any atom is 0.135 e. The van der Waals surface area contributed by atoms with Crippen molar-refractivity contribution in [1.82, 2.24) is 0 Å². The van der Waals surface area contributed by atoms with Crippen molar-refractivity contribution in [1.29, 1.82) is 0 Å². The minimum absolute atomic E-state index is 0.294. The van der Waals surface area contributed by atoms with Crippen molar-refractivity contribution >= 4 is 39.5 Å². The van der Waals surface area contributed by atoms with Gasteiger partial charge in [0.25, 0.3) is 0 Å². The molecule has 4 heteroatoms. The molecule has 2 rings (SSSR count). The molecule has 0 aliphatic carbocycles. The summed E-state index contributed by atoms with van der Waals surface area (Å²) < 4.78 is 0.834. The van der Waals surface area contributed by atoms with Gasteiger partial charge in [-0.25, -0.2) is 0 Å². The van der Waals surface area contributed by atoms with Gasteiger partial charge in [-0.15, -0.1) is 23.1 Å². The second-order valence-electron chi connectivity index (χ2n) is 4.44. The van der Waals surface area contributed by atoms with Crippen molar-refractivity contribution in [3.63, 3.8) is 0 Å². The fraction of sp³-hybridized carbons (Fsp3) is 0.308. The van der Waals surface area contributed by atoms with E-state index in [-0.39, 0.29) is 4.75 Å². The fourth-order valence-corrected chi connectivity index (χ4v) is 3.37. The van der Waals surface area contributed by atoms with E-state index in [0.29, 0.717) is 5.75 Å². The number of aldehydes is 1. The maximum atomic E-state index is 10.8. The van der Waals surface area contributed by atoms with Crippen LogP contribution >= 0.6 is 23.1 Å². The van der Waals surface area contributed by atoms with Crippen LogP contribution in [0.1, 0.15) is 18.7 Å². The number of phenols is 1. The molecular weight excluding hydrogens is 252 g/mol. The molecule has 0 spiro atoms. The van der Waals surface area contributed by atoms with Gasteiger partial charge in [0, 0.05) is 15.3 Å². The van der Waals surface area contributed by atoms with Gasteiger partial charge < -0.3 is 9.90 Å². The fourth-order valence-electron chi connectivity index (χ4n) is 1.45. The first-order chi connectivity index (χ1) is 8.00. The highest BCUT2D eigenvalue weighted by Gasteiger charge is 2.17. The molecule has 0 saturated carbocycles. The van der Waals surface area contributed by atoms with E-state index < -0.39 is 0 Å². The Morgan fingerprint density at radius 3 is 2.88 bits per heavy atom. The Balaban J connectivity index is 2.17. The van der Waals surface area contributed by atoms with Gasteiger partial charge in [-0.3, -0.25) is 0 Å². The summed E-state index contributed by atoms with van der Waals surface area (Å²) in [7, 11) is 0. The molecule has 0 radical (unpaired) electrons. The first-order valence-corrected chi connectivity index (χ1v) is 7.12. The highest BCUT2D eigenvalue weighted by atomic mass is 32.2. The Labute approximate surface area is 109 Å². The van der Waals surface area contributed by atoms with Gasteiger partial charge in [-0.2, -0.15) is 0 Å². The lowest BCUT2D eigenvalue weighted by atomic mass is 10.2. The van der Waals surface area contributed by atoms with E-state index in [1.807, 2.05) is 19.9 Å². The molecule has 17 heavy (non-hydrogen) atoms. The molecule has 2 nitrogen and oxygen atoms in total. The molecule has 1 aromatic heterocycles. The normalized spacial score (nSPS) is 11.9. The third kappa shape index (κ3) is 3.01. The summed E-state index contributed by atoms with van der Waals surface area (Å²) >= 11 is 3.34. The van der Waals surface area contributed by atoms with Gasteiger partial charge in [-0.1, -0.05) is 0 Å². The van der Waals surface area contributed by atoms with E-state index in [1.165, 1.54) is 9.58 Å². The van der Waals surface area contributed by atoms with Gasteiger partial charge in [0.1, 0.15) is 12.0 Å². The number of benzene rings is 1. The van der Waals surface area contributed by atoms with Crippen LogP contribution in [0.4, 0.5) is 0 Å². The molecule has 90 valence electrons. The van der Waals surface area contributed by atoms with E-state index >= 15 is 0 Å². The highest BCUT2D eigenvalue weighted by molar-refractivity contribution is 8.00. The van der Waals surface area contributed by atoms with Crippen LogP contribution < -0.4 is 0 Å². The molecule has 0 saturated heterocycles. The molecule has 0 amide bonds. The third-order valence-electron chi connectivity index (χ3n) is 2.42. The Morgan fingerprint density at radius 1 is 1.41 bits per heavy atom. The van der Waals surface area contributed by atoms with Crippen LogP contribution in [0, 0.1) is 0 Å². The Morgan fingerprint density at radius 2 is 2.18 bits per heavy atom. The topological polar surface area (TPSA) is 37.3 Å². The lowest BCUT2D eigenvalue weighted by Gasteiger charge is -2.14. The molecule has 0 unspecified atom stereocenters. The molecule has 1 aromatic carbocycles. The van der Waals surface area contributed by atoms with Gasteiger partial charge >= 0.3 is 0 Å². The summed E-state index contributed by atoms with van der Waals surface area (Å²) in [5, 5.41) is 10.5. The molecule has 1 N–H and O–H groups in total. The molecule has 2 aromatic rings. The quantitative estimate of drug-likeness (QED) is 0.855. The zero-order valence-electron chi connectivity index (χ0n) is 9.77. The number of carbonyl (C=O) groups excluding carboxylic acids is 1. The average molecular weight is 266 g/mol. The van der Waals surface area contributed by atoms with E-state index in [2.05, 4.69) is 6.07 Å². The van der Waals surface area contributed by atoms with Crippen LogP contribution in [0.3, 0.4) is 0 Å². The maximum absolute atomic E-state index is 10.8. The van der Waals surface area contributed by atoms with Crippen molar-refractivity contribution < 1.29 is 9.90 Å². The predicted molar refractivity (Wildman–Crippen MR) is 74.9 cm³/mol. The van der Waals surface area contributed by atoms with Crippen molar-refractivity contribution in [2.45, 2.75) is 24.3 Å². The predicted octanol–water partition coefficient (Wildman–Crippen LogP) is 3.82. The van der Waals surface area contributed by atoms with Gasteiger partial charge in [0.2, 0.25) is 0 Å². The second-order valence-corrected chi connectivity index (χ2v) is 7.24. The number of rotatable bonds is 4. The SMILES string of the molecule is CC(C)(C=O)SCc1cc2cc(O)ccc2s1. The number of aromatic hydroxyl groups is 1. The molecule has 0 bridgehead atoms. The third-order valence-corrected chi connectivity index (χ3v) is 5.02. The standard InChI is InChI=1S/C13H14O2S2/c1-13(2,8-14)16-7-11-6-9-5-10(15)3-4-12(9)17-11/h3-6,8,15H,7H2,1-2H3. The molecule has 1 heterocycles. The van der Waals surface area contributed by atoms with E-state index in [0.717, 1.165) is 17.4 Å². The average Bonchev–Trinajstić information content (AvgIpc) is 2.68. The number of fused-ring (bicyclic) bond motifs is 1. The Bertz CT molecular complexity index is 543. The van der Waals surface area contributed by atoms with E-state index in [4.69, 9.17) is 0 Å². The molecule has 0 aliphatic heterocycles. The second kappa shape index (κ2) is 4.70. The van der Waals surface area contributed by atoms with Crippen LogP contribution in [0.15, 0.2) is 24.3 Å².